The fourth-order valence-corrected chi connectivity index (χ4v) is 5.41. The topological polar surface area (TPSA) is 98.5 Å². The number of rotatable bonds is 7. The van der Waals surface area contributed by atoms with Crippen LogP contribution in [-0.2, 0) is 20.7 Å². The van der Waals surface area contributed by atoms with Crippen molar-refractivity contribution in [2.75, 3.05) is 6.61 Å². The summed E-state index contributed by atoms with van der Waals surface area (Å²) < 4.78 is 5.69. The van der Waals surface area contributed by atoms with Gasteiger partial charge in [-0.1, -0.05) is 72.8 Å². The van der Waals surface area contributed by atoms with Crippen molar-refractivity contribution < 1.29 is 19.2 Å². The number of carbonyl (C=O) groups excluding carboxylic acids is 2. The molecule has 0 saturated heterocycles. The zero-order chi connectivity index (χ0) is 26.6. The zero-order valence-electron chi connectivity index (χ0n) is 21.1. The van der Waals surface area contributed by atoms with Crippen molar-refractivity contribution in [1.82, 2.24) is 5.32 Å². The molecule has 7 nitrogen and oxygen atoms in total. The number of non-ortho nitro benzene ring substituents is 1. The van der Waals surface area contributed by atoms with Gasteiger partial charge in [0.25, 0.3) is 5.69 Å². The lowest BCUT2D eigenvalue weighted by molar-refractivity contribution is -0.384. The molecule has 1 aliphatic heterocycles. The number of nitro benzene ring substituents is 1. The van der Waals surface area contributed by atoms with E-state index in [4.69, 9.17) is 4.74 Å². The molecule has 0 unspecified atom stereocenters. The number of nitrogens with one attached hydrogen (secondary N) is 1. The number of esters is 1. The summed E-state index contributed by atoms with van der Waals surface area (Å²) in [6, 6.07) is 25.8. The first-order valence-corrected chi connectivity index (χ1v) is 12.7. The average Bonchev–Trinajstić information content (AvgIpc) is 2.93. The van der Waals surface area contributed by atoms with Crippen LogP contribution in [0.2, 0.25) is 0 Å². The second kappa shape index (κ2) is 10.8. The second-order valence-electron chi connectivity index (χ2n) is 9.65. The van der Waals surface area contributed by atoms with Crippen LogP contribution < -0.4 is 5.32 Å². The number of ether oxygens (including phenoxy) is 1. The summed E-state index contributed by atoms with van der Waals surface area (Å²) in [7, 11) is 0. The Kier molecular flexibility index (Phi) is 7.18. The second-order valence-corrected chi connectivity index (χ2v) is 9.65. The minimum absolute atomic E-state index is 0.00730. The van der Waals surface area contributed by atoms with E-state index >= 15 is 0 Å². The molecule has 2 aliphatic rings. The molecule has 0 radical (unpaired) electrons. The van der Waals surface area contributed by atoms with Crippen molar-refractivity contribution in [2.24, 2.45) is 0 Å². The molecule has 5 rings (SSSR count). The van der Waals surface area contributed by atoms with Gasteiger partial charge in [-0.3, -0.25) is 14.9 Å². The third kappa shape index (κ3) is 5.13. The largest absolute Gasteiger partial charge is 0.462 e. The summed E-state index contributed by atoms with van der Waals surface area (Å²) in [4.78, 5) is 38.2. The van der Waals surface area contributed by atoms with Gasteiger partial charge in [0.15, 0.2) is 5.78 Å². The van der Waals surface area contributed by atoms with Crippen LogP contribution in [0.5, 0.6) is 0 Å². The Hall–Kier alpha value is -4.52. The fourth-order valence-electron chi connectivity index (χ4n) is 5.41. The smallest absolute Gasteiger partial charge is 0.336 e. The zero-order valence-corrected chi connectivity index (χ0v) is 21.1. The van der Waals surface area contributed by atoms with Gasteiger partial charge in [-0.15, -0.1) is 0 Å². The molecule has 3 aromatic carbocycles. The molecule has 38 heavy (non-hydrogen) atoms. The van der Waals surface area contributed by atoms with E-state index in [0.29, 0.717) is 41.7 Å². The van der Waals surface area contributed by atoms with E-state index in [2.05, 4.69) is 5.32 Å². The predicted molar refractivity (Wildman–Crippen MR) is 143 cm³/mol. The molecule has 0 amide bonds. The lowest BCUT2D eigenvalue weighted by Crippen LogP contribution is -2.36. The van der Waals surface area contributed by atoms with E-state index in [9.17, 15) is 19.7 Å². The first-order valence-electron chi connectivity index (χ1n) is 12.7. The average molecular weight is 509 g/mol. The van der Waals surface area contributed by atoms with Crippen LogP contribution in [-0.4, -0.2) is 23.3 Å². The number of hydrogen-bond donors (Lipinski definition) is 1. The summed E-state index contributed by atoms with van der Waals surface area (Å²) in [5, 5.41) is 14.9. The maximum atomic E-state index is 13.7. The third-order valence-electron chi connectivity index (χ3n) is 7.20. The SMILES string of the molecule is CC1=C(C(=O)OCCc2ccccc2)[C@H](c2cccc([N+](=O)[O-])c2)C2=C(C[C@@H](c3ccccc3)CC2=O)N1. The summed E-state index contributed by atoms with van der Waals surface area (Å²) in [5.41, 5.74) is 4.69. The van der Waals surface area contributed by atoms with Gasteiger partial charge in [-0.2, -0.15) is 0 Å². The number of allylic oxidation sites excluding steroid dienone is 3. The number of nitro groups is 1. The van der Waals surface area contributed by atoms with Crippen molar-refractivity contribution >= 4 is 17.4 Å². The van der Waals surface area contributed by atoms with Gasteiger partial charge in [-0.25, -0.2) is 4.79 Å². The maximum absolute atomic E-state index is 13.7. The Bertz CT molecular complexity index is 1440. The van der Waals surface area contributed by atoms with Crippen LogP contribution in [0.4, 0.5) is 5.69 Å². The molecular formula is C31H28N2O5. The van der Waals surface area contributed by atoms with Crippen LogP contribution >= 0.6 is 0 Å². The van der Waals surface area contributed by atoms with Crippen molar-refractivity contribution in [3.05, 3.63) is 134 Å². The van der Waals surface area contributed by atoms with Gasteiger partial charge in [-0.05, 0) is 36.0 Å². The van der Waals surface area contributed by atoms with E-state index < -0.39 is 16.8 Å². The molecule has 192 valence electrons. The molecule has 0 spiro atoms. The summed E-state index contributed by atoms with van der Waals surface area (Å²) in [5.74, 6) is -1.36. The molecule has 0 bridgehead atoms. The predicted octanol–water partition coefficient (Wildman–Crippen LogP) is 5.74. The van der Waals surface area contributed by atoms with Crippen LogP contribution in [0.25, 0.3) is 0 Å². The van der Waals surface area contributed by atoms with Gasteiger partial charge in [0.05, 0.1) is 17.1 Å². The van der Waals surface area contributed by atoms with E-state index in [1.807, 2.05) is 60.7 Å². The monoisotopic (exact) mass is 508 g/mol. The standard InChI is InChI=1S/C31H28N2O5/c1-20-28(31(35)38-16-15-21-9-4-2-5-10-21)29(23-13-8-14-25(17-23)33(36)37)30-26(32-20)18-24(19-27(30)34)22-11-6-3-7-12-22/h2-14,17,24,29,32H,15-16,18-19H2,1H3/t24-,29+/m1/s1. The van der Waals surface area contributed by atoms with Crippen LogP contribution in [0.3, 0.4) is 0 Å². The molecule has 1 heterocycles. The van der Waals surface area contributed by atoms with Crippen molar-refractivity contribution in [3.63, 3.8) is 0 Å². The molecule has 1 N–H and O–H groups in total. The lowest BCUT2D eigenvalue weighted by atomic mass is 9.71. The number of ketones is 1. The number of dihydropyridines is 1. The molecule has 7 heteroatoms. The number of hydrogen-bond acceptors (Lipinski definition) is 6. The van der Waals surface area contributed by atoms with Crippen molar-refractivity contribution in [3.8, 4) is 0 Å². The summed E-state index contributed by atoms with van der Waals surface area (Å²) in [6.45, 7) is 1.97. The van der Waals surface area contributed by atoms with Crippen LogP contribution in [0, 0.1) is 10.1 Å². The first kappa shape index (κ1) is 25.1. The van der Waals surface area contributed by atoms with Crippen LogP contribution in [0.15, 0.2) is 107 Å². The number of benzene rings is 3. The lowest BCUT2D eigenvalue weighted by Gasteiger charge is -2.36. The highest BCUT2D eigenvalue weighted by Gasteiger charge is 2.41. The molecular weight excluding hydrogens is 480 g/mol. The highest BCUT2D eigenvalue weighted by molar-refractivity contribution is 6.04. The minimum atomic E-state index is -0.750. The summed E-state index contributed by atoms with van der Waals surface area (Å²) in [6.07, 6.45) is 1.45. The minimum Gasteiger partial charge on any atom is -0.462 e. The Morgan fingerprint density at radius 1 is 0.974 bits per heavy atom. The molecule has 3 aromatic rings. The fraction of sp³-hybridized carbons (Fsp3) is 0.226. The van der Waals surface area contributed by atoms with Gasteiger partial charge < -0.3 is 10.1 Å². The van der Waals surface area contributed by atoms with Crippen molar-refractivity contribution in [1.29, 1.82) is 0 Å². The van der Waals surface area contributed by atoms with E-state index in [-0.39, 0.29) is 24.0 Å². The Balaban J connectivity index is 1.50. The maximum Gasteiger partial charge on any atom is 0.336 e. The van der Waals surface area contributed by atoms with Gasteiger partial charge >= 0.3 is 5.97 Å². The van der Waals surface area contributed by atoms with Crippen LogP contribution in [0.1, 0.15) is 48.3 Å². The Morgan fingerprint density at radius 3 is 2.37 bits per heavy atom. The summed E-state index contributed by atoms with van der Waals surface area (Å²) >= 11 is 0. The van der Waals surface area contributed by atoms with E-state index in [0.717, 1.165) is 16.8 Å². The highest BCUT2D eigenvalue weighted by atomic mass is 16.6. The Morgan fingerprint density at radius 2 is 1.66 bits per heavy atom. The molecule has 0 aromatic heterocycles. The van der Waals surface area contributed by atoms with Gasteiger partial charge in [0, 0.05) is 47.9 Å². The van der Waals surface area contributed by atoms with E-state index in [1.54, 1.807) is 19.1 Å². The molecule has 0 fully saturated rings. The number of Topliss-reactive ketones (excluding diaryl/α,β-unsaturated/α-hetero) is 1. The van der Waals surface area contributed by atoms with Crippen molar-refractivity contribution in [2.45, 2.75) is 38.0 Å². The third-order valence-corrected chi connectivity index (χ3v) is 7.20. The molecule has 1 aliphatic carbocycles. The quantitative estimate of drug-likeness (QED) is 0.248. The van der Waals surface area contributed by atoms with E-state index in [1.165, 1.54) is 12.1 Å². The number of carbonyl (C=O) groups is 2. The van der Waals surface area contributed by atoms with Gasteiger partial charge in [0.1, 0.15) is 0 Å². The Labute approximate surface area is 221 Å². The van der Waals surface area contributed by atoms with Gasteiger partial charge in [0.2, 0.25) is 0 Å². The molecule has 2 atom stereocenters. The normalized spacial score (nSPS) is 19.0. The molecule has 0 saturated carbocycles. The highest BCUT2D eigenvalue weighted by Crippen LogP contribution is 2.46. The number of nitrogens with zero attached hydrogens (tertiary/aromatic N) is 1. The first-order chi connectivity index (χ1) is 18.4.